The number of hydrogen-bond acceptors (Lipinski definition) is 5. The van der Waals surface area contributed by atoms with Gasteiger partial charge in [0.2, 0.25) is 11.8 Å². The Balaban J connectivity index is 1.61. The lowest BCUT2D eigenvalue weighted by atomic mass is 9.76. The maximum atomic E-state index is 13.9. The molecular weight excluding hydrogens is 428 g/mol. The molecule has 2 aliphatic heterocycles. The zero-order valence-corrected chi connectivity index (χ0v) is 18.9. The number of benzene rings is 3. The Hall–Kier alpha value is -3.77. The van der Waals surface area contributed by atoms with Gasteiger partial charge in [-0.3, -0.25) is 24.6 Å². The molecule has 0 spiro atoms. The lowest BCUT2D eigenvalue weighted by molar-refractivity contribution is -0.154. The van der Waals surface area contributed by atoms with Crippen molar-refractivity contribution in [2.24, 2.45) is 11.8 Å². The van der Waals surface area contributed by atoms with E-state index in [-0.39, 0.29) is 24.8 Å². The van der Waals surface area contributed by atoms with E-state index in [9.17, 15) is 14.4 Å². The summed E-state index contributed by atoms with van der Waals surface area (Å²) in [5.41, 5.74) is 1.24. The normalized spacial score (nSPS) is 25.9. The van der Waals surface area contributed by atoms with Crippen molar-refractivity contribution in [3.63, 3.8) is 0 Å². The number of methoxy groups -OCH3 is 1. The number of esters is 1. The first-order chi connectivity index (χ1) is 16.5. The lowest BCUT2D eigenvalue weighted by Gasteiger charge is -2.32. The molecule has 2 fully saturated rings. The molecule has 2 saturated heterocycles. The number of nitrogens with one attached hydrogen (secondary N) is 1. The predicted octanol–water partition coefficient (Wildman–Crippen LogP) is 3.29. The molecule has 1 N–H and O–H groups in total. The molecule has 0 radical (unpaired) electrons. The van der Waals surface area contributed by atoms with E-state index in [1.807, 2.05) is 91.0 Å². The minimum Gasteiger partial charge on any atom is -0.468 e. The summed E-state index contributed by atoms with van der Waals surface area (Å²) >= 11 is 0. The molecule has 34 heavy (non-hydrogen) atoms. The Labute approximate surface area is 198 Å². The van der Waals surface area contributed by atoms with Crippen LogP contribution in [0.2, 0.25) is 0 Å². The maximum absolute atomic E-state index is 13.9. The van der Waals surface area contributed by atoms with Crippen LogP contribution in [0, 0.1) is 11.8 Å². The lowest BCUT2D eigenvalue weighted by Crippen LogP contribution is -2.57. The number of carbonyl (C=O) groups excluding carboxylic acids is 3. The Bertz CT molecular complexity index is 1200. The molecule has 2 amide bonds. The third-order valence-corrected chi connectivity index (χ3v) is 6.96. The number of nitrogens with zero attached hydrogens (tertiary/aromatic N) is 1. The predicted molar refractivity (Wildman–Crippen MR) is 126 cm³/mol. The van der Waals surface area contributed by atoms with Gasteiger partial charge in [-0.2, -0.15) is 0 Å². The number of likely N-dealkylation sites (tertiary alicyclic amines) is 1. The molecule has 0 bridgehead atoms. The molecule has 172 valence electrons. The maximum Gasteiger partial charge on any atom is 0.327 e. The van der Waals surface area contributed by atoms with Crippen molar-refractivity contribution in [3.8, 4) is 0 Å². The SMILES string of the molecule is COC(=O)[C@]1(Cc2ccccc2)N[C@H](c2ccccc2)[C@H]2C(=O)N(Cc3ccccc3)C(=O)[C@H]21. The van der Waals surface area contributed by atoms with Gasteiger partial charge in [-0.05, 0) is 16.7 Å². The summed E-state index contributed by atoms with van der Waals surface area (Å²) in [4.78, 5) is 42.3. The zero-order chi connectivity index (χ0) is 23.7. The summed E-state index contributed by atoms with van der Waals surface area (Å²) in [7, 11) is 1.32. The summed E-state index contributed by atoms with van der Waals surface area (Å²) < 4.78 is 5.26. The molecule has 2 heterocycles. The molecule has 0 aliphatic carbocycles. The van der Waals surface area contributed by atoms with Gasteiger partial charge in [-0.1, -0.05) is 91.0 Å². The third-order valence-electron chi connectivity index (χ3n) is 6.96. The van der Waals surface area contributed by atoms with Crippen molar-refractivity contribution in [1.29, 1.82) is 0 Å². The van der Waals surface area contributed by atoms with Crippen LogP contribution in [0.5, 0.6) is 0 Å². The number of carbonyl (C=O) groups is 3. The number of fused-ring (bicyclic) bond motifs is 1. The highest BCUT2D eigenvalue weighted by atomic mass is 16.5. The molecule has 0 saturated carbocycles. The van der Waals surface area contributed by atoms with E-state index >= 15 is 0 Å². The second kappa shape index (κ2) is 8.88. The summed E-state index contributed by atoms with van der Waals surface area (Å²) in [6, 6.07) is 28.0. The van der Waals surface area contributed by atoms with Gasteiger partial charge in [-0.15, -0.1) is 0 Å². The molecule has 5 rings (SSSR count). The van der Waals surface area contributed by atoms with Crippen LogP contribution < -0.4 is 5.32 Å². The van der Waals surface area contributed by atoms with Crippen molar-refractivity contribution in [1.82, 2.24) is 10.2 Å². The third kappa shape index (κ3) is 3.60. The first kappa shape index (κ1) is 22.0. The van der Waals surface area contributed by atoms with Gasteiger partial charge in [0.15, 0.2) is 0 Å². The Morgan fingerprint density at radius 1 is 0.853 bits per heavy atom. The van der Waals surface area contributed by atoms with Crippen LogP contribution in [-0.4, -0.2) is 35.3 Å². The summed E-state index contributed by atoms with van der Waals surface area (Å²) in [5, 5.41) is 3.42. The summed E-state index contributed by atoms with van der Waals surface area (Å²) in [6.45, 7) is 0.176. The fraction of sp³-hybridized carbons (Fsp3) is 0.250. The number of amides is 2. The fourth-order valence-electron chi connectivity index (χ4n) is 5.45. The molecule has 6 heteroatoms. The number of hydrogen-bond donors (Lipinski definition) is 1. The minimum absolute atomic E-state index is 0.176. The highest BCUT2D eigenvalue weighted by Crippen LogP contribution is 2.50. The van der Waals surface area contributed by atoms with Gasteiger partial charge in [-0.25, -0.2) is 0 Å². The van der Waals surface area contributed by atoms with Crippen molar-refractivity contribution in [2.45, 2.75) is 24.5 Å². The minimum atomic E-state index is -1.36. The van der Waals surface area contributed by atoms with Crippen LogP contribution in [-0.2, 0) is 32.1 Å². The number of imide groups is 1. The first-order valence-electron chi connectivity index (χ1n) is 11.4. The summed E-state index contributed by atoms with van der Waals surface area (Å²) in [6.07, 6.45) is 0.239. The fourth-order valence-corrected chi connectivity index (χ4v) is 5.45. The Kier molecular flexibility index (Phi) is 5.75. The van der Waals surface area contributed by atoms with Gasteiger partial charge in [0.25, 0.3) is 0 Å². The van der Waals surface area contributed by atoms with Crippen molar-refractivity contribution in [2.75, 3.05) is 7.11 Å². The number of ether oxygens (including phenoxy) is 1. The van der Waals surface area contributed by atoms with Gasteiger partial charge in [0, 0.05) is 12.5 Å². The van der Waals surface area contributed by atoms with Crippen molar-refractivity contribution >= 4 is 17.8 Å². The zero-order valence-electron chi connectivity index (χ0n) is 18.9. The molecule has 3 aromatic carbocycles. The van der Waals surface area contributed by atoms with Gasteiger partial charge < -0.3 is 4.74 Å². The van der Waals surface area contributed by atoms with E-state index in [0.29, 0.717) is 0 Å². The van der Waals surface area contributed by atoms with Crippen molar-refractivity contribution < 1.29 is 19.1 Å². The Morgan fingerprint density at radius 3 is 2.00 bits per heavy atom. The molecule has 2 aliphatic rings. The highest BCUT2D eigenvalue weighted by Gasteiger charge is 2.68. The molecule has 0 aromatic heterocycles. The summed E-state index contributed by atoms with van der Waals surface area (Å²) in [5.74, 6) is -2.72. The van der Waals surface area contributed by atoms with Crippen LogP contribution in [0.3, 0.4) is 0 Å². The second-order valence-corrected chi connectivity index (χ2v) is 8.91. The van der Waals surface area contributed by atoms with E-state index < -0.39 is 29.4 Å². The molecule has 3 aromatic rings. The first-order valence-corrected chi connectivity index (χ1v) is 11.4. The smallest absolute Gasteiger partial charge is 0.327 e. The monoisotopic (exact) mass is 454 g/mol. The van der Waals surface area contributed by atoms with Crippen LogP contribution >= 0.6 is 0 Å². The highest BCUT2D eigenvalue weighted by molar-refractivity contribution is 6.09. The molecule has 4 atom stereocenters. The van der Waals surface area contributed by atoms with Crippen LogP contribution in [0.4, 0.5) is 0 Å². The van der Waals surface area contributed by atoms with E-state index in [1.165, 1.54) is 12.0 Å². The molecule has 6 nitrogen and oxygen atoms in total. The second-order valence-electron chi connectivity index (χ2n) is 8.91. The quantitative estimate of drug-likeness (QED) is 0.457. The standard InChI is InChI=1S/C28H26N2O4/c1-34-27(33)28(17-19-11-5-2-6-12-19)23-22(24(29-28)21-15-9-4-10-16-21)25(31)30(26(23)32)18-20-13-7-3-8-14-20/h2-16,22-24,29H,17-18H2,1H3/t22-,23-,24+,28+/m0/s1. The van der Waals surface area contributed by atoms with E-state index in [1.54, 1.807) is 0 Å². The largest absolute Gasteiger partial charge is 0.468 e. The Morgan fingerprint density at radius 2 is 1.41 bits per heavy atom. The van der Waals surface area contributed by atoms with Gasteiger partial charge in [0.05, 0.1) is 25.5 Å². The molecular formula is C28H26N2O4. The average molecular weight is 455 g/mol. The van der Waals surface area contributed by atoms with Gasteiger partial charge >= 0.3 is 5.97 Å². The van der Waals surface area contributed by atoms with Gasteiger partial charge in [0.1, 0.15) is 5.54 Å². The van der Waals surface area contributed by atoms with E-state index in [0.717, 1.165) is 16.7 Å². The average Bonchev–Trinajstić information content (AvgIpc) is 3.35. The van der Waals surface area contributed by atoms with Crippen LogP contribution in [0.1, 0.15) is 22.7 Å². The van der Waals surface area contributed by atoms with Crippen molar-refractivity contribution in [3.05, 3.63) is 108 Å². The van der Waals surface area contributed by atoms with Crippen LogP contribution in [0.25, 0.3) is 0 Å². The van der Waals surface area contributed by atoms with E-state index in [2.05, 4.69) is 5.32 Å². The molecule has 0 unspecified atom stereocenters. The van der Waals surface area contributed by atoms with E-state index in [4.69, 9.17) is 4.74 Å². The topological polar surface area (TPSA) is 75.7 Å². The number of rotatable bonds is 6. The van der Waals surface area contributed by atoms with Crippen LogP contribution in [0.15, 0.2) is 91.0 Å².